The normalized spacial score (nSPS) is 12.8. The van der Waals surface area contributed by atoms with Crippen molar-refractivity contribution in [3.05, 3.63) is 36.5 Å². The van der Waals surface area contributed by atoms with E-state index in [1.54, 1.807) is 0 Å². The molecule has 0 heterocycles. The summed E-state index contributed by atoms with van der Waals surface area (Å²) < 4.78 is 5.48. The van der Waals surface area contributed by atoms with E-state index >= 15 is 0 Å². The van der Waals surface area contributed by atoms with Gasteiger partial charge in [0.15, 0.2) is 0 Å². The molecule has 0 aromatic heterocycles. The van der Waals surface area contributed by atoms with Gasteiger partial charge in [0.2, 0.25) is 5.91 Å². The summed E-state index contributed by atoms with van der Waals surface area (Å²) in [7, 11) is 0. The fraction of sp³-hybridized carbons (Fsp3) is 0.875. The van der Waals surface area contributed by atoms with Gasteiger partial charge in [-0.15, -0.1) is 0 Å². The van der Waals surface area contributed by atoms with E-state index in [9.17, 15) is 19.8 Å². The second-order valence-electron chi connectivity index (χ2n) is 21.4. The Morgan fingerprint density at radius 1 is 0.400 bits per heavy atom. The first-order chi connectivity index (χ1) is 34.5. The summed E-state index contributed by atoms with van der Waals surface area (Å²) in [4.78, 5) is 24.5. The molecule has 0 bridgehead atoms. The molecule has 1 amide bonds. The van der Waals surface area contributed by atoms with Crippen molar-refractivity contribution in [2.24, 2.45) is 0 Å². The van der Waals surface area contributed by atoms with Gasteiger partial charge in [-0.05, 0) is 83.5 Å². The Balaban J connectivity index is 3.41. The molecule has 0 aliphatic rings. The van der Waals surface area contributed by atoms with Gasteiger partial charge in [-0.25, -0.2) is 0 Å². The van der Waals surface area contributed by atoms with Gasteiger partial charge in [0.25, 0.3) is 0 Å². The van der Waals surface area contributed by atoms with Crippen molar-refractivity contribution in [3.63, 3.8) is 0 Å². The third kappa shape index (κ3) is 55.4. The van der Waals surface area contributed by atoms with E-state index in [4.69, 9.17) is 4.74 Å². The number of ether oxygens (including phenoxy) is 1. The maximum absolute atomic E-state index is 12.5. The molecule has 0 aromatic carbocycles. The highest BCUT2D eigenvalue weighted by Gasteiger charge is 2.20. The van der Waals surface area contributed by atoms with E-state index < -0.39 is 12.1 Å². The summed E-state index contributed by atoms with van der Waals surface area (Å²) in [5, 5.41) is 23.3. The lowest BCUT2D eigenvalue weighted by Crippen LogP contribution is -2.45. The molecule has 70 heavy (non-hydrogen) atoms. The highest BCUT2D eigenvalue weighted by molar-refractivity contribution is 5.76. The average molecular weight is 985 g/mol. The van der Waals surface area contributed by atoms with Crippen LogP contribution >= 0.6 is 0 Å². The molecule has 6 nitrogen and oxygen atoms in total. The molecule has 0 aliphatic heterocycles. The zero-order chi connectivity index (χ0) is 50.7. The second-order valence-corrected chi connectivity index (χ2v) is 21.4. The number of carbonyl (C=O) groups is 2. The van der Waals surface area contributed by atoms with Crippen molar-refractivity contribution in [2.45, 2.75) is 347 Å². The third-order valence-electron chi connectivity index (χ3n) is 14.4. The minimum Gasteiger partial charge on any atom is -0.466 e. The van der Waals surface area contributed by atoms with E-state index in [1.165, 1.54) is 250 Å². The van der Waals surface area contributed by atoms with Crippen LogP contribution in [-0.2, 0) is 14.3 Å². The third-order valence-corrected chi connectivity index (χ3v) is 14.4. The minimum absolute atomic E-state index is 0.00191. The number of aliphatic hydroxyl groups is 2. The summed E-state index contributed by atoms with van der Waals surface area (Å²) in [6.07, 6.45) is 74.4. The highest BCUT2D eigenvalue weighted by atomic mass is 16.5. The fourth-order valence-corrected chi connectivity index (χ4v) is 9.61. The monoisotopic (exact) mass is 984 g/mol. The van der Waals surface area contributed by atoms with Crippen LogP contribution in [0, 0.1) is 0 Å². The van der Waals surface area contributed by atoms with Gasteiger partial charge in [-0.3, -0.25) is 9.59 Å². The molecular formula is C64H121NO5. The quantitative estimate of drug-likeness (QED) is 0.0321. The van der Waals surface area contributed by atoms with Gasteiger partial charge >= 0.3 is 5.97 Å². The van der Waals surface area contributed by atoms with Crippen molar-refractivity contribution >= 4 is 11.9 Å². The lowest BCUT2D eigenvalue weighted by Gasteiger charge is -2.22. The van der Waals surface area contributed by atoms with Crippen LogP contribution in [0.2, 0.25) is 0 Å². The van der Waals surface area contributed by atoms with Gasteiger partial charge in [0.1, 0.15) is 0 Å². The van der Waals surface area contributed by atoms with Gasteiger partial charge in [-0.1, -0.05) is 275 Å². The summed E-state index contributed by atoms with van der Waals surface area (Å²) in [6.45, 7) is 4.94. The number of unbranched alkanes of at least 4 members (excludes halogenated alkanes) is 41. The number of esters is 1. The van der Waals surface area contributed by atoms with Crippen molar-refractivity contribution in [3.8, 4) is 0 Å². The maximum Gasteiger partial charge on any atom is 0.305 e. The Bertz CT molecular complexity index is 1130. The molecule has 0 fully saturated rings. The first-order valence-electron chi connectivity index (χ1n) is 31.2. The molecule has 6 heteroatoms. The Labute approximate surface area is 436 Å². The number of rotatable bonds is 58. The van der Waals surface area contributed by atoms with E-state index in [1.807, 2.05) is 0 Å². The molecular weight excluding hydrogens is 863 g/mol. The van der Waals surface area contributed by atoms with Gasteiger partial charge in [0, 0.05) is 12.8 Å². The van der Waals surface area contributed by atoms with Crippen LogP contribution < -0.4 is 5.32 Å². The van der Waals surface area contributed by atoms with Crippen LogP contribution in [0.4, 0.5) is 0 Å². The summed E-state index contributed by atoms with van der Waals surface area (Å²) in [5.41, 5.74) is 0. The number of amides is 1. The summed E-state index contributed by atoms with van der Waals surface area (Å²) in [5.74, 6) is -0.0424. The molecule has 2 atom stereocenters. The van der Waals surface area contributed by atoms with Crippen molar-refractivity contribution < 1.29 is 24.5 Å². The molecule has 412 valence electrons. The van der Waals surface area contributed by atoms with Gasteiger partial charge in [0.05, 0.1) is 25.4 Å². The molecule has 3 N–H and O–H groups in total. The maximum atomic E-state index is 12.5. The first kappa shape index (κ1) is 68.1. The molecule has 0 saturated heterocycles. The number of carbonyl (C=O) groups excluding carboxylic acids is 2. The van der Waals surface area contributed by atoms with Gasteiger partial charge in [-0.2, -0.15) is 0 Å². The highest BCUT2D eigenvalue weighted by Crippen LogP contribution is 2.17. The zero-order valence-corrected chi connectivity index (χ0v) is 47.0. The van der Waals surface area contributed by atoms with Gasteiger partial charge < -0.3 is 20.3 Å². The van der Waals surface area contributed by atoms with Crippen LogP contribution in [0.15, 0.2) is 36.5 Å². The second kappa shape index (κ2) is 59.6. The van der Waals surface area contributed by atoms with Crippen molar-refractivity contribution in [1.82, 2.24) is 5.32 Å². The molecule has 0 rings (SSSR count). The predicted octanol–water partition coefficient (Wildman–Crippen LogP) is 19.6. The lowest BCUT2D eigenvalue weighted by atomic mass is 10.0. The molecule has 2 unspecified atom stereocenters. The molecule has 0 spiro atoms. The van der Waals surface area contributed by atoms with E-state index in [0.717, 1.165) is 51.4 Å². The lowest BCUT2D eigenvalue weighted by molar-refractivity contribution is -0.143. The van der Waals surface area contributed by atoms with Crippen molar-refractivity contribution in [1.29, 1.82) is 0 Å². The standard InChI is InChI=1S/C64H121NO5/c1-3-5-7-9-11-13-15-17-19-30-34-38-42-46-50-54-58-64(69)70-59-55-51-47-43-39-35-31-28-26-24-22-20-21-23-25-27-29-33-37-41-45-49-53-57-63(68)65-61(60-66)62(67)56-52-48-44-40-36-32-18-16-14-12-10-8-6-4-2/h13,15,19,23,25,30,61-62,66-67H,3-12,14,16-18,20-22,24,26-29,31-60H2,1-2H3,(H,65,68)/b15-13-,25-23-,30-19-. The van der Waals surface area contributed by atoms with Crippen molar-refractivity contribution in [2.75, 3.05) is 13.2 Å². The number of aliphatic hydroxyl groups excluding tert-OH is 2. The number of nitrogens with one attached hydrogen (secondary N) is 1. The van der Waals surface area contributed by atoms with E-state index in [2.05, 4.69) is 55.6 Å². The van der Waals surface area contributed by atoms with E-state index in [0.29, 0.717) is 25.9 Å². The predicted molar refractivity (Wildman–Crippen MR) is 306 cm³/mol. The fourth-order valence-electron chi connectivity index (χ4n) is 9.61. The Morgan fingerprint density at radius 2 is 0.714 bits per heavy atom. The Kier molecular flexibility index (Phi) is 58.0. The summed E-state index contributed by atoms with van der Waals surface area (Å²) in [6, 6.07) is -0.546. The Hall–Kier alpha value is -1.92. The van der Waals surface area contributed by atoms with Crippen LogP contribution in [0.25, 0.3) is 0 Å². The largest absolute Gasteiger partial charge is 0.466 e. The first-order valence-corrected chi connectivity index (χ1v) is 31.2. The molecule has 0 radical (unpaired) electrons. The summed E-state index contributed by atoms with van der Waals surface area (Å²) >= 11 is 0. The smallest absolute Gasteiger partial charge is 0.305 e. The molecule has 0 aliphatic carbocycles. The van der Waals surface area contributed by atoms with Crippen LogP contribution in [0.3, 0.4) is 0 Å². The molecule has 0 aromatic rings. The number of hydrogen-bond donors (Lipinski definition) is 3. The molecule has 0 saturated carbocycles. The minimum atomic E-state index is -0.668. The SMILES string of the molecule is CCCCCC/C=C\C/C=C\CCCCCCCC(=O)OCCCCCCCCCCCCCC/C=C\CCCCCCCCCC(=O)NC(CO)C(O)CCCCCCCCCCCCCCCC. The topological polar surface area (TPSA) is 95.9 Å². The number of allylic oxidation sites excluding steroid dienone is 6. The van der Waals surface area contributed by atoms with E-state index in [-0.39, 0.29) is 18.5 Å². The number of hydrogen-bond acceptors (Lipinski definition) is 5. The van der Waals surface area contributed by atoms with Crippen LogP contribution in [0.5, 0.6) is 0 Å². The van der Waals surface area contributed by atoms with Crippen LogP contribution in [-0.4, -0.2) is 47.4 Å². The van der Waals surface area contributed by atoms with Crippen LogP contribution in [0.1, 0.15) is 335 Å². The Morgan fingerprint density at radius 3 is 1.11 bits per heavy atom. The zero-order valence-electron chi connectivity index (χ0n) is 47.0. The average Bonchev–Trinajstić information content (AvgIpc) is 3.36.